The van der Waals surface area contributed by atoms with Gasteiger partial charge < -0.3 is 10.3 Å². The minimum atomic E-state index is -3.55. The van der Waals surface area contributed by atoms with E-state index in [2.05, 4.69) is 14.9 Å². The summed E-state index contributed by atoms with van der Waals surface area (Å²) in [6, 6.07) is 6.52. The van der Waals surface area contributed by atoms with E-state index in [1.807, 2.05) is 0 Å². The number of hydrogen-bond acceptors (Lipinski definition) is 6. The zero-order valence-electron chi connectivity index (χ0n) is 11.0. The van der Waals surface area contributed by atoms with Crippen LogP contribution >= 0.6 is 0 Å². The summed E-state index contributed by atoms with van der Waals surface area (Å²) in [7, 11) is -3.55. The molecule has 0 saturated heterocycles. The first kappa shape index (κ1) is 14.6. The maximum absolute atomic E-state index is 12.1. The fourth-order valence-electron chi connectivity index (χ4n) is 1.66. The molecule has 0 fully saturated rings. The Morgan fingerprint density at radius 3 is 2.85 bits per heavy atom. The number of aromatic nitrogens is 2. The highest BCUT2D eigenvalue weighted by atomic mass is 32.2. The van der Waals surface area contributed by atoms with Crippen molar-refractivity contribution in [1.82, 2.24) is 14.9 Å². The van der Waals surface area contributed by atoms with Crippen molar-refractivity contribution in [1.29, 1.82) is 0 Å². The summed E-state index contributed by atoms with van der Waals surface area (Å²) in [5.74, 6) is 0.930. The number of hydrogen-bond donors (Lipinski definition) is 2. The Balaban J connectivity index is 2.00. The molecule has 0 aliphatic rings. The van der Waals surface area contributed by atoms with Gasteiger partial charge in [-0.15, -0.1) is 0 Å². The largest absolute Gasteiger partial charge is 0.339 e. The van der Waals surface area contributed by atoms with Gasteiger partial charge in [-0.05, 0) is 24.6 Å². The van der Waals surface area contributed by atoms with Gasteiger partial charge in [0.15, 0.2) is 5.82 Å². The van der Waals surface area contributed by atoms with Gasteiger partial charge in [-0.25, -0.2) is 13.1 Å². The van der Waals surface area contributed by atoms with Gasteiger partial charge in [0.2, 0.25) is 15.9 Å². The minimum Gasteiger partial charge on any atom is -0.339 e. The standard InChI is InChI=1S/C12H16N4O3S/c1-9-15-12(19-16-9)5-6-14-20(17,18)11-4-2-3-10(7-11)8-13/h2-4,7,14H,5-6,8,13H2,1H3. The lowest BCUT2D eigenvalue weighted by atomic mass is 10.2. The maximum Gasteiger partial charge on any atom is 0.240 e. The summed E-state index contributed by atoms with van der Waals surface area (Å²) in [6.45, 7) is 2.19. The van der Waals surface area contributed by atoms with Crippen molar-refractivity contribution in [2.45, 2.75) is 24.8 Å². The summed E-state index contributed by atoms with van der Waals surface area (Å²) >= 11 is 0. The number of sulfonamides is 1. The Hall–Kier alpha value is -1.77. The molecule has 20 heavy (non-hydrogen) atoms. The van der Waals surface area contributed by atoms with Gasteiger partial charge in [0.05, 0.1) is 4.90 Å². The van der Waals surface area contributed by atoms with E-state index < -0.39 is 10.0 Å². The Morgan fingerprint density at radius 2 is 2.20 bits per heavy atom. The van der Waals surface area contributed by atoms with Crippen LogP contribution in [0.15, 0.2) is 33.7 Å². The van der Waals surface area contributed by atoms with Gasteiger partial charge in [-0.3, -0.25) is 0 Å². The number of benzene rings is 1. The third-order valence-electron chi connectivity index (χ3n) is 2.65. The molecule has 0 aliphatic heterocycles. The van der Waals surface area contributed by atoms with Gasteiger partial charge in [-0.1, -0.05) is 17.3 Å². The van der Waals surface area contributed by atoms with Crippen molar-refractivity contribution in [2.24, 2.45) is 5.73 Å². The lowest BCUT2D eigenvalue weighted by Crippen LogP contribution is -2.26. The second-order valence-electron chi connectivity index (χ2n) is 4.23. The van der Waals surface area contributed by atoms with Crippen LogP contribution in [-0.2, 0) is 23.0 Å². The fourth-order valence-corrected chi connectivity index (χ4v) is 2.76. The van der Waals surface area contributed by atoms with E-state index >= 15 is 0 Å². The molecule has 1 aromatic heterocycles. The van der Waals surface area contributed by atoms with Crippen LogP contribution in [0.25, 0.3) is 0 Å². The summed E-state index contributed by atoms with van der Waals surface area (Å²) in [4.78, 5) is 4.20. The highest BCUT2D eigenvalue weighted by Gasteiger charge is 2.14. The minimum absolute atomic E-state index is 0.191. The third kappa shape index (κ3) is 3.62. The maximum atomic E-state index is 12.1. The van der Waals surface area contributed by atoms with Crippen molar-refractivity contribution in [3.05, 3.63) is 41.5 Å². The smallest absolute Gasteiger partial charge is 0.240 e. The first-order valence-corrected chi connectivity index (χ1v) is 7.57. The molecule has 0 saturated carbocycles. The van der Waals surface area contributed by atoms with E-state index in [-0.39, 0.29) is 11.4 Å². The summed E-state index contributed by atoms with van der Waals surface area (Å²) in [5, 5.41) is 3.64. The average molecular weight is 296 g/mol. The van der Waals surface area contributed by atoms with Crippen molar-refractivity contribution in [3.8, 4) is 0 Å². The molecule has 0 radical (unpaired) electrons. The highest BCUT2D eigenvalue weighted by Crippen LogP contribution is 2.11. The van der Waals surface area contributed by atoms with Crippen LogP contribution in [0, 0.1) is 6.92 Å². The fraction of sp³-hybridized carbons (Fsp3) is 0.333. The van der Waals surface area contributed by atoms with Crippen LogP contribution in [-0.4, -0.2) is 25.1 Å². The Bertz CT molecular complexity index is 682. The average Bonchev–Trinajstić information content (AvgIpc) is 2.84. The van der Waals surface area contributed by atoms with Crippen LogP contribution in [0.4, 0.5) is 0 Å². The van der Waals surface area contributed by atoms with Gasteiger partial charge in [0.1, 0.15) is 0 Å². The zero-order chi connectivity index (χ0) is 14.6. The van der Waals surface area contributed by atoms with Gasteiger partial charge in [-0.2, -0.15) is 4.98 Å². The highest BCUT2D eigenvalue weighted by molar-refractivity contribution is 7.89. The second-order valence-corrected chi connectivity index (χ2v) is 6.00. The van der Waals surface area contributed by atoms with Gasteiger partial charge in [0.25, 0.3) is 0 Å². The predicted octanol–water partition coefficient (Wildman–Crippen LogP) is 0.358. The lowest BCUT2D eigenvalue weighted by molar-refractivity contribution is 0.375. The first-order chi connectivity index (χ1) is 9.51. The third-order valence-corrected chi connectivity index (χ3v) is 4.10. The molecule has 0 amide bonds. The molecule has 1 heterocycles. The van der Waals surface area contributed by atoms with Gasteiger partial charge in [0, 0.05) is 19.5 Å². The van der Waals surface area contributed by atoms with Crippen LogP contribution in [0.1, 0.15) is 17.3 Å². The number of rotatable bonds is 6. The van der Waals surface area contributed by atoms with Crippen LogP contribution in [0.2, 0.25) is 0 Å². The van der Waals surface area contributed by atoms with Crippen molar-refractivity contribution in [2.75, 3.05) is 6.54 Å². The Morgan fingerprint density at radius 1 is 1.40 bits per heavy atom. The quantitative estimate of drug-likeness (QED) is 0.796. The predicted molar refractivity (Wildman–Crippen MR) is 72.3 cm³/mol. The topological polar surface area (TPSA) is 111 Å². The number of nitrogens with one attached hydrogen (secondary N) is 1. The molecule has 2 aromatic rings. The molecule has 1 aromatic carbocycles. The molecule has 8 heteroatoms. The molecule has 108 valence electrons. The molecule has 0 bridgehead atoms. The molecular weight excluding hydrogens is 280 g/mol. The molecule has 0 atom stereocenters. The van der Waals surface area contributed by atoms with Crippen LogP contribution in [0.5, 0.6) is 0 Å². The summed E-state index contributed by atoms with van der Waals surface area (Å²) < 4.78 is 31.6. The summed E-state index contributed by atoms with van der Waals surface area (Å²) in [6.07, 6.45) is 0.344. The van der Waals surface area contributed by atoms with Crippen LogP contribution in [0.3, 0.4) is 0 Å². The van der Waals surface area contributed by atoms with E-state index in [9.17, 15) is 8.42 Å². The molecule has 2 rings (SSSR count). The normalized spacial score (nSPS) is 11.7. The number of nitrogens with two attached hydrogens (primary N) is 1. The molecule has 0 aliphatic carbocycles. The molecule has 7 nitrogen and oxygen atoms in total. The zero-order valence-corrected chi connectivity index (χ0v) is 11.9. The Kier molecular flexibility index (Phi) is 4.48. The van der Waals surface area contributed by atoms with Crippen LogP contribution < -0.4 is 10.5 Å². The molecule has 3 N–H and O–H groups in total. The summed E-state index contributed by atoms with van der Waals surface area (Å²) in [5.41, 5.74) is 6.26. The van der Waals surface area contributed by atoms with E-state index in [4.69, 9.17) is 10.3 Å². The van der Waals surface area contributed by atoms with E-state index in [0.717, 1.165) is 5.56 Å². The molecule has 0 unspecified atom stereocenters. The van der Waals surface area contributed by atoms with Crippen molar-refractivity contribution in [3.63, 3.8) is 0 Å². The SMILES string of the molecule is Cc1noc(CCNS(=O)(=O)c2cccc(CN)c2)n1. The molecular formula is C12H16N4O3S. The monoisotopic (exact) mass is 296 g/mol. The van der Waals surface area contributed by atoms with Crippen molar-refractivity contribution < 1.29 is 12.9 Å². The van der Waals surface area contributed by atoms with E-state index in [1.54, 1.807) is 25.1 Å². The Labute approximate surface area is 117 Å². The van der Waals surface area contributed by atoms with E-state index in [1.165, 1.54) is 6.07 Å². The van der Waals surface area contributed by atoms with Crippen molar-refractivity contribution >= 4 is 10.0 Å². The van der Waals surface area contributed by atoms with E-state index in [0.29, 0.717) is 24.7 Å². The lowest BCUT2D eigenvalue weighted by Gasteiger charge is -2.06. The second kappa shape index (κ2) is 6.12. The number of nitrogens with zero attached hydrogens (tertiary/aromatic N) is 2. The molecule has 0 spiro atoms. The van der Waals surface area contributed by atoms with Gasteiger partial charge >= 0.3 is 0 Å². The first-order valence-electron chi connectivity index (χ1n) is 6.09. The number of aryl methyl sites for hydroxylation is 1.